The van der Waals surface area contributed by atoms with Crippen LogP contribution in [0.1, 0.15) is 32.6 Å². The van der Waals surface area contributed by atoms with Crippen LogP contribution >= 0.6 is 0 Å². The lowest BCUT2D eigenvalue weighted by Crippen LogP contribution is -3.00. The van der Waals surface area contributed by atoms with E-state index in [2.05, 4.69) is 66.1 Å². The number of hydrogen-bond donors (Lipinski definition) is 2. The second kappa shape index (κ2) is 9.15. The summed E-state index contributed by atoms with van der Waals surface area (Å²) in [5.74, 6) is 0. The van der Waals surface area contributed by atoms with Crippen molar-refractivity contribution in [3.05, 3.63) is 66.7 Å². The molecule has 4 rings (SSSR count). The topological polar surface area (TPSA) is 55.9 Å². The quantitative estimate of drug-likeness (QED) is 0.224. The molecule has 4 heteroatoms. The Labute approximate surface area is 178 Å². The zero-order chi connectivity index (χ0) is 19.5. The molecule has 0 unspecified atom stereocenters. The molecule has 0 bridgehead atoms. The van der Waals surface area contributed by atoms with Gasteiger partial charge in [0.2, 0.25) is 11.2 Å². The first-order valence-electron chi connectivity index (χ1n) is 10.2. The van der Waals surface area contributed by atoms with Crippen molar-refractivity contribution in [2.75, 3.05) is 11.5 Å². The highest BCUT2D eigenvalue weighted by atomic mass is 35.5. The molecule has 1 aromatic heterocycles. The molecule has 4 aromatic rings. The van der Waals surface area contributed by atoms with E-state index in [0.29, 0.717) is 0 Å². The van der Waals surface area contributed by atoms with Crippen LogP contribution in [-0.2, 0) is 6.54 Å². The van der Waals surface area contributed by atoms with Gasteiger partial charge >= 0.3 is 0 Å². The molecule has 0 aliphatic carbocycles. The van der Waals surface area contributed by atoms with Crippen molar-refractivity contribution < 1.29 is 17.0 Å². The normalized spacial score (nSPS) is 10.9. The number of nitrogens with zero attached hydrogens (tertiary/aromatic N) is 1. The Morgan fingerprint density at radius 1 is 0.724 bits per heavy atom. The number of unbranched alkanes of at least 4 members (excludes halogenated alkanes) is 3. The predicted molar refractivity (Wildman–Crippen MR) is 120 cm³/mol. The first-order valence-corrected chi connectivity index (χ1v) is 10.2. The van der Waals surface area contributed by atoms with E-state index in [-0.39, 0.29) is 12.4 Å². The average Bonchev–Trinajstić information content (AvgIpc) is 2.71. The summed E-state index contributed by atoms with van der Waals surface area (Å²) in [5.41, 5.74) is 17.6. The van der Waals surface area contributed by atoms with Gasteiger partial charge in [0.15, 0.2) is 0 Å². The summed E-state index contributed by atoms with van der Waals surface area (Å²) in [7, 11) is 0. The first-order chi connectivity index (χ1) is 13.7. The first kappa shape index (κ1) is 20.9. The van der Waals surface area contributed by atoms with Crippen LogP contribution in [0.15, 0.2) is 66.7 Å². The van der Waals surface area contributed by atoms with Crippen LogP contribution in [-0.4, -0.2) is 0 Å². The maximum Gasteiger partial charge on any atom is 0.220 e. The number of nitrogens with two attached hydrogens (primary N) is 2. The second-order valence-electron chi connectivity index (χ2n) is 7.51. The minimum atomic E-state index is 0. The number of fused-ring (bicyclic) bond motifs is 3. The molecule has 0 aliphatic heterocycles. The van der Waals surface area contributed by atoms with Crippen molar-refractivity contribution in [3.63, 3.8) is 0 Å². The molecule has 4 N–H and O–H groups in total. The fraction of sp³-hybridized carbons (Fsp3) is 0.240. The molecular formula is C25H28ClN3. The molecular weight excluding hydrogens is 378 g/mol. The van der Waals surface area contributed by atoms with Crippen LogP contribution in [0, 0.1) is 0 Å². The summed E-state index contributed by atoms with van der Waals surface area (Å²) in [6.45, 7) is 3.21. The van der Waals surface area contributed by atoms with Gasteiger partial charge in [-0.2, -0.15) is 4.57 Å². The second-order valence-corrected chi connectivity index (χ2v) is 7.51. The van der Waals surface area contributed by atoms with Crippen LogP contribution < -0.4 is 28.4 Å². The summed E-state index contributed by atoms with van der Waals surface area (Å²) >= 11 is 0. The highest BCUT2D eigenvalue weighted by Crippen LogP contribution is 2.33. The van der Waals surface area contributed by atoms with Gasteiger partial charge in [0.25, 0.3) is 0 Å². The minimum Gasteiger partial charge on any atom is -1.00 e. The number of benzene rings is 3. The number of halogens is 1. The zero-order valence-electron chi connectivity index (χ0n) is 16.9. The highest BCUT2D eigenvalue weighted by Gasteiger charge is 2.23. The van der Waals surface area contributed by atoms with Gasteiger partial charge in [-0.3, -0.25) is 0 Å². The van der Waals surface area contributed by atoms with Crippen molar-refractivity contribution in [2.24, 2.45) is 0 Å². The third kappa shape index (κ3) is 4.15. The summed E-state index contributed by atoms with van der Waals surface area (Å²) in [4.78, 5) is 0. The molecule has 0 amide bonds. The van der Waals surface area contributed by atoms with Crippen LogP contribution in [0.2, 0.25) is 0 Å². The molecule has 0 saturated heterocycles. The molecule has 0 aliphatic rings. The van der Waals surface area contributed by atoms with Crippen LogP contribution in [0.4, 0.5) is 11.4 Å². The smallest absolute Gasteiger partial charge is 0.220 e. The summed E-state index contributed by atoms with van der Waals surface area (Å²) in [6.07, 6.45) is 4.88. The van der Waals surface area contributed by atoms with E-state index in [9.17, 15) is 0 Å². The Bertz CT molecular complexity index is 1120. The Kier molecular flexibility index (Phi) is 6.60. The number of aryl methyl sites for hydroxylation is 1. The number of nitrogen functional groups attached to an aromatic ring is 2. The SMILES string of the molecule is CCCCCC[n+]1c(-c2ccccc2)c2cc(N)ccc2c2ccc(N)cc21.[Cl-]. The summed E-state index contributed by atoms with van der Waals surface area (Å²) in [6, 6.07) is 23.1. The summed E-state index contributed by atoms with van der Waals surface area (Å²) < 4.78 is 2.44. The lowest BCUT2D eigenvalue weighted by Gasteiger charge is -2.13. The van der Waals surface area contributed by atoms with Gasteiger partial charge in [0, 0.05) is 34.8 Å². The number of rotatable bonds is 6. The maximum atomic E-state index is 6.20. The van der Waals surface area contributed by atoms with Gasteiger partial charge in [-0.25, -0.2) is 0 Å². The van der Waals surface area contributed by atoms with E-state index in [1.165, 1.54) is 52.2 Å². The molecule has 0 saturated carbocycles. The lowest BCUT2D eigenvalue weighted by atomic mass is 9.98. The molecule has 3 nitrogen and oxygen atoms in total. The third-order valence-electron chi connectivity index (χ3n) is 5.45. The fourth-order valence-electron chi connectivity index (χ4n) is 4.09. The standard InChI is InChI=1S/C25H27N3.ClH/c1-2-3-4-8-15-28-24-17-20(27)12-14-22(24)21-13-11-19(26)16-23(21)25(28)18-9-6-5-7-10-18;/h5-7,9-14,16-17,27H,2-4,8,15,26H2,1H3;1H. The highest BCUT2D eigenvalue weighted by molar-refractivity contribution is 6.10. The van der Waals surface area contributed by atoms with Crippen LogP contribution in [0.25, 0.3) is 32.9 Å². The van der Waals surface area contributed by atoms with E-state index >= 15 is 0 Å². The van der Waals surface area contributed by atoms with Gasteiger partial charge in [0.1, 0.15) is 6.54 Å². The van der Waals surface area contributed by atoms with Gasteiger partial charge < -0.3 is 23.9 Å². The summed E-state index contributed by atoms with van der Waals surface area (Å²) in [5, 5.41) is 3.63. The number of pyridine rings is 1. The fourth-order valence-corrected chi connectivity index (χ4v) is 4.09. The average molecular weight is 406 g/mol. The Hall–Kier alpha value is -2.78. The molecule has 0 spiro atoms. The minimum absolute atomic E-state index is 0. The number of hydrogen-bond acceptors (Lipinski definition) is 2. The van der Waals surface area contributed by atoms with Crippen LogP contribution in [0.5, 0.6) is 0 Å². The Balaban J connectivity index is 0.00000240. The molecule has 0 fully saturated rings. The van der Waals surface area contributed by atoms with Crippen molar-refractivity contribution in [1.29, 1.82) is 0 Å². The lowest BCUT2D eigenvalue weighted by molar-refractivity contribution is -0.659. The van der Waals surface area contributed by atoms with E-state index in [0.717, 1.165) is 24.3 Å². The molecule has 150 valence electrons. The molecule has 3 aromatic carbocycles. The third-order valence-corrected chi connectivity index (χ3v) is 5.45. The maximum absolute atomic E-state index is 6.20. The van der Waals surface area contributed by atoms with Gasteiger partial charge in [-0.05, 0) is 42.8 Å². The number of anilines is 2. The van der Waals surface area contributed by atoms with Gasteiger partial charge in [-0.1, -0.05) is 44.0 Å². The van der Waals surface area contributed by atoms with Crippen molar-refractivity contribution in [3.8, 4) is 11.3 Å². The van der Waals surface area contributed by atoms with Crippen molar-refractivity contribution in [1.82, 2.24) is 0 Å². The van der Waals surface area contributed by atoms with Crippen molar-refractivity contribution >= 4 is 33.1 Å². The van der Waals surface area contributed by atoms with E-state index in [1.54, 1.807) is 0 Å². The largest absolute Gasteiger partial charge is 1.00 e. The number of aromatic nitrogens is 1. The zero-order valence-corrected chi connectivity index (χ0v) is 17.6. The van der Waals surface area contributed by atoms with E-state index in [1.807, 2.05) is 12.1 Å². The molecule has 1 heterocycles. The van der Waals surface area contributed by atoms with Gasteiger partial charge in [0.05, 0.1) is 10.8 Å². The van der Waals surface area contributed by atoms with Crippen LogP contribution in [0.3, 0.4) is 0 Å². The Morgan fingerprint density at radius 3 is 2.14 bits per heavy atom. The molecule has 0 radical (unpaired) electrons. The monoisotopic (exact) mass is 405 g/mol. The van der Waals surface area contributed by atoms with Crippen molar-refractivity contribution in [2.45, 2.75) is 39.2 Å². The van der Waals surface area contributed by atoms with E-state index < -0.39 is 0 Å². The molecule has 0 atom stereocenters. The predicted octanol–water partition coefficient (Wildman–Crippen LogP) is 2.70. The van der Waals surface area contributed by atoms with Gasteiger partial charge in [-0.15, -0.1) is 0 Å². The van der Waals surface area contributed by atoms with E-state index in [4.69, 9.17) is 11.5 Å². The molecule has 29 heavy (non-hydrogen) atoms. The Morgan fingerprint density at radius 2 is 1.41 bits per heavy atom.